The third-order valence-corrected chi connectivity index (χ3v) is 5.75. The van der Waals surface area contributed by atoms with Crippen molar-refractivity contribution < 1.29 is 4.79 Å². The van der Waals surface area contributed by atoms with Crippen LogP contribution in [0.15, 0.2) is 58.3 Å². The van der Waals surface area contributed by atoms with E-state index < -0.39 is 5.69 Å². The summed E-state index contributed by atoms with van der Waals surface area (Å²) in [5, 5.41) is 4.25. The van der Waals surface area contributed by atoms with Gasteiger partial charge in [0.2, 0.25) is 0 Å². The number of halogens is 1. The molecule has 0 radical (unpaired) electrons. The number of H-pyrrole nitrogens is 1. The fourth-order valence-electron chi connectivity index (χ4n) is 3.15. The first kappa shape index (κ1) is 20.1. The Balaban J connectivity index is 1.54. The second-order valence-corrected chi connectivity index (χ2v) is 8.18. The normalized spacial score (nSPS) is 11.0. The van der Waals surface area contributed by atoms with E-state index in [1.165, 1.54) is 17.4 Å². The number of nitrogens with zero attached hydrogens (tertiary/aromatic N) is 2. The van der Waals surface area contributed by atoms with Crippen LogP contribution in [0.4, 0.5) is 5.13 Å². The Labute approximate surface area is 180 Å². The van der Waals surface area contributed by atoms with Crippen molar-refractivity contribution in [3.05, 3.63) is 90.5 Å². The van der Waals surface area contributed by atoms with Crippen LogP contribution < -0.4 is 16.6 Å². The smallest absolute Gasteiger partial charge is 0.307 e. The highest BCUT2D eigenvalue weighted by molar-refractivity contribution is 7.15. The molecule has 0 saturated carbocycles. The Kier molecular flexibility index (Phi) is 5.52. The van der Waals surface area contributed by atoms with E-state index in [0.29, 0.717) is 33.0 Å². The van der Waals surface area contributed by atoms with E-state index in [-0.39, 0.29) is 18.0 Å². The minimum atomic E-state index is -0.502. The lowest BCUT2D eigenvalue weighted by atomic mass is 10.1. The van der Waals surface area contributed by atoms with Gasteiger partial charge in [-0.05, 0) is 42.8 Å². The summed E-state index contributed by atoms with van der Waals surface area (Å²) in [5.41, 5.74) is 0.814. The number of hydrogen-bond acceptors (Lipinski definition) is 5. The van der Waals surface area contributed by atoms with Gasteiger partial charge >= 0.3 is 5.69 Å². The molecule has 0 aliphatic rings. The fourth-order valence-corrected chi connectivity index (χ4v) is 4.20. The van der Waals surface area contributed by atoms with Crippen molar-refractivity contribution in [2.24, 2.45) is 0 Å². The minimum absolute atomic E-state index is 0.272. The second kappa shape index (κ2) is 8.25. The van der Waals surface area contributed by atoms with Crippen LogP contribution in [0, 0.1) is 0 Å². The van der Waals surface area contributed by atoms with Crippen LogP contribution in [-0.4, -0.2) is 20.4 Å². The highest BCUT2D eigenvalue weighted by Gasteiger charge is 2.13. The number of anilines is 1. The zero-order valence-electron chi connectivity index (χ0n) is 15.9. The number of aromatic amines is 1. The topological polar surface area (TPSA) is 96.8 Å². The van der Waals surface area contributed by atoms with Gasteiger partial charge in [0.1, 0.15) is 0 Å². The molecule has 0 unspecified atom stereocenters. The maximum absolute atomic E-state index is 12.6. The molecule has 1 amide bonds. The molecule has 0 fully saturated rings. The fraction of sp³-hybridized carbons (Fsp3) is 0.143. The Bertz CT molecular complexity index is 1370. The lowest BCUT2D eigenvalue weighted by Crippen LogP contribution is -2.34. The van der Waals surface area contributed by atoms with Crippen LogP contribution in [0.25, 0.3) is 10.9 Å². The van der Waals surface area contributed by atoms with Crippen molar-refractivity contribution >= 4 is 44.9 Å². The second-order valence-electron chi connectivity index (χ2n) is 6.63. The Morgan fingerprint density at radius 1 is 1.23 bits per heavy atom. The molecule has 2 N–H and O–H groups in total. The predicted molar refractivity (Wildman–Crippen MR) is 119 cm³/mol. The molecule has 152 valence electrons. The third kappa shape index (κ3) is 4.05. The molecule has 9 heteroatoms. The van der Waals surface area contributed by atoms with E-state index in [0.717, 1.165) is 15.0 Å². The summed E-state index contributed by atoms with van der Waals surface area (Å²) in [6, 6.07) is 12.2. The zero-order valence-corrected chi connectivity index (χ0v) is 17.5. The van der Waals surface area contributed by atoms with Gasteiger partial charge in [-0.1, -0.05) is 23.7 Å². The predicted octanol–water partition coefficient (Wildman–Crippen LogP) is 3.66. The van der Waals surface area contributed by atoms with Gasteiger partial charge in [-0.25, -0.2) is 9.78 Å². The highest BCUT2D eigenvalue weighted by atomic mass is 35.5. The first-order chi connectivity index (χ1) is 14.4. The van der Waals surface area contributed by atoms with Gasteiger partial charge in [0, 0.05) is 34.6 Å². The maximum Gasteiger partial charge on any atom is 0.328 e. The molecular weight excluding hydrogens is 424 g/mol. The number of thiazole rings is 1. The van der Waals surface area contributed by atoms with Crippen LogP contribution in [0.3, 0.4) is 0 Å². The minimum Gasteiger partial charge on any atom is -0.307 e. The van der Waals surface area contributed by atoms with Crippen molar-refractivity contribution in [1.82, 2.24) is 14.5 Å². The van der Waals surface area contributed by atoms with Gasteiger partial charge in [0.25, 0.3) is 11.5 Å². The monoisotopic (exact) mass is 440 g/mol. The maximum atomic E-state index is 12.6. The quantitative estimate of drug-likeness (QED) is 0.495. The van der Waals surface area contributed by atoms with Crippen molar-refractivity contribution in [3.8, 4) is 0 Å². The van der Waals surface area contributed by atoms with E-state index in [2.05, 4.69) is 15.3 Å². The van der Waals surface area contributed by atoms with Gasteiger partial charge < -0.3 is 4.98 Å². The first-order valence-corrected chi connectivity index (χ1v) is 10.4. The van der Waals surface area contributed by atoms with Gasteiger partial charge in [-0.15, -0.1) is 11.3 Å². The molecule has 0 bridgehead atoms. The summed E-state index contributed by atoms with van der Waals surface area (Å²) in [5.74, 6) is -0.374. The molecular formula is C21H17ClN4O3S. The molecule has 2 aromatic carbocycles. The van der Waals surface area contributed by atoms with Crippen LogP contribution in [0.5, 0.6) is 0 Å². The summed E-state index contributed by atoms with van der Waals surface area (Å²) in [7, 11) is 0. The number of fused-ring (bicyclic) bond motifs is 1. The third-order valence-electron chi connectivity index (χ3n) is 4.60. The summed E-state index contributed by atoms with van der Waals surface area (Å²) in [4.78, 5) is 44.9. The summed E-state index contributed by atoms with van der Waals surface area (Å²) in [6.07, 6.45) is 2.38. The standard InChI is InChI=1S/C21H17ClN4O3S/c1-2-26-19(28)16-7-6-13(10-17(16)24-21(26)29)18(27)25-20-23-11-15(30-20)9-12-4-3-5-14(22)8-12/h3-8,10-11H,2,9H2,1H3,(H,24,29)(H,23,25,27). The molecule has 0 atom stereocenters. The van der Waals surface area contributed by atoms with E-state index in [4.69, 9.17) is 11.6 Å². The summed E-state index contributed by atoms with van der Waals surface area (Å²) < 4.78 is 1.11. The number of aromatic nitrogens is 3. The molecule has 2 heterocycles. The lowest BCUT2D eigenvalue weighted by Gasteiger charge is -2.06. The molecule has 0 spiro atoms. The molecule has 7 nitrogen and oxygen atoms in total. The van der Waals surface area contributed by atoms with Crippen LogP contribution in [-0.2, 0) is 13.0 Å². The Morgan fingerprint density at radius 2 is 2.07 bits per heavy atom. The molecule has 0 saturated heterocycles. The largest absolute Gasteiger partial charge is 0.328 e. The van der Waals surface area contributed by atoms with Crippen molar-refractivity contribution in [3.63, 3.8) is 0 Å². The van der Waals surface area contributed by atoms with Gasteiger partial charge in [-0.2, -0.15) is 0 Å². The first-order valence-electron chi connectivity index (χ1n) is 9.22. The summed E-state index contributed by atoms with van der Waals surface area (Å²) >= 11 is 7.39. The van der Waals surface area contributed by atoms with Gasteiger partial charge in [0.15, 0.2) is 5.13 Å². The van der Waals surface area contributed by atoms with Crippen molar-refractivity contribution in [2.45, 2.75) is 19.9 Å². The average Bonchev–Trinajstić information content (AvgIpc) is 3.14. The molecule has 4 rings (SSSR count). The van der Waals surface area contributed by atoms with Gasteiger partial charge in [0.05, 0.1) is 10.9 Å². The summed E-state index contributed by atoms with van der Waals surface area (Å²) in [6.45, 7) is 1.99. The van der Waals surface area contributed by atoms with Crippen molar-refractivity contribution in [1.29, 1.82) is 0 Å². The van der Waals surface area contributed by atoms with Crippen LogP contribution >= 0.6 is 22.9 Å². The van der Waals surface area contributed by atoms with Crippen LogP contribution in [0.1, 0.15) is 27.7 Å². The number of hydrogen-bond donors (Lipinski definition) is 2. The number of amides is 1. The highest BCUT2D eigenvalue weighted by Crippen LogP contribution is 2.23. The molecule has 2 aromatic heterocycles. The van der Waals surface area contributed by atoms with Crippen molar-refractivity contribution in [2.75, 3.05) is 5.32 Å². The van der Waals surface area contributed by atoms with E-state index >= 15 is 0 Å². The Hall–Kier alpha value is -3.23. The Morgan fingerprint density at radius 3 is 2.83 bits per heavy atom. The molecule has 4 aromatic rings. The average molecular weight is 441 g/mol. The molecule has 0 aliphatic heterocycles. The van der Waals surface area contributed by atoms with Gasteiger partial charge in [-0.3, -0.25) is 19.5 Å². The van der Waals surface area contributed by atoms with E-state index in [1.54, 1.807) is 25.3 Å². The van der Waals surface area contributed by atoms with Crippen LogP contribution in [0.2, 0.25) is 5.02 Å². The molecule has 0 aliphatic carbocycles. The lowest BCUT2D eigenvalue weighted by molar-refractivity contribution is 0.102. The zero-order chi connectivity index (χ0) is 21.3. The van der Waals surface area contributed by atoms with E-state index in [1.807, 2.05) is 24.3 Å². The number of carbonyl (C=O) groups is 1. The number of benzene rings is 2. The number of rotatable bonds is 5. The number of nitrogens with one attached hydrogen (secondary N) is 2. The SMILES string of the molecule is CCn1c(=O)[nH]c2cc(C(=O)Nc3ncc(Cc4cccc(Cl)c4)s3)ccc2c1=O. The molecule has 30 heavy (non-hydrogen) atoms. The number of carbonyl (C=O) groups excluding carboxylic acids is 1. The van der Waals surface area contributed by atoms with E-state index in [9.17, 15) is 14.4 Å².